The van der Waals surface area contributed by atoms with Crippen LogP contribution in [0.5, 0.6) is 5.75 Å². The summed E-state index contributed by atoms with van der Waals surface area (Å²) >= 11 is 0. The van der Waals surface area contributed by atoms with Crippen LogP contribution in [-0.2, 0) is 20.5 Å². The maximum absolute atomic E-state index is 13.6. The van der Waals surface area contributed by atoms with Gasteiger partial charge in [0.25, 0.3) is 0 Å². The molecule has 0 amide bonds. The van der Waals surface area contributed by atoms with Crippen LogP contribution in [0.15, 0.2) is 42.5 Å². The highest BCUT2D eigenvalue weighted by Gasteiger charge is 2.19. The summed E-state index contributed by atoms with van der Waals surface area (Å²) in [6.07, 6.45) is -0.553. The first-order valence-corrected chi connectivity index (χ1v) is 9.08. The maximum atomic E-state index is 13.6. The van der Waals surface area contributed by atoms with Gasteiger partial charge in [-0.2, -0.15) is 0 Å². The average molecular weight is 371 g/mol. The number of hydrogen-bond donors (Lipinski definition) is 1. The van der Waals surface area contributed by atoms with Crippen LogP contribution < -0.4 is 9.46 Å². The predicted octanol–water partition coefficient (Wildman–Crippen LogP) is 2.78. The molecule has 25 heavy (non-hydrogen) atoms. The van der Waals surface area contributed by atoms with Gasteiger partial charge in [0, 0.05) is 19.2 Å². The molecule has 2 rings (SSSR count). The van der Waals surface area contributed by atoms with Crippen molar-refractivity contribution in [3.63, 3.8) is 0 Å². The van der Waals surface area contributed by atoms with Crippen molar-refractivity contribution in [2.45, 2.75) is 11.9 Å². The second-order valence-corrected chi connectivity index (χ2v) is 7.15. The minimum Gasteiger partial charge on any atom is -0.497 e. The molecule has 0 spiro atoms. The number of benzene rings is 2. The van der Waals surface area contributed by atoms with Gasteiger partial charge in [0.2, 0.25) is 10.0 Å². The lowest BCUT2D eigenvalue weighted by molar-refractivity contribution is 0.107. The van der Waals surface area contributed by atoms with Gasteiger partial charge in [-0.05, 0) is 35.9 Å². The summed E-state index contributed by atoms with van der Waals surface area (Å²) in [4.78, 5) is 0. The van der Waals surface area contributed by atoms with Crippen molar-refractivity contribution in [1.82, 2.24) is 4.72 Å². The third-order valence-electron chi connectivity index (χ3n) is 3.59. The molecule has 0 saturated heterocycles. The lowest BCUT2D eigenvalue weighted by atomic mass is 10.1. The predicted molar refractivity (Wildman–Crippen MR) is 89.7 cm³/mol. The number of methoxy groups -OCH3 is 2. The smallest absolute Gasteiger partial charge is 0.215 e. The largest absolute Gasteiger partial charge is 0.497 e. The fourth-order valence-corrected chi connectivity index (χ4v) is 3.43. The molecule has 0 heterocycles. The van der Waals surface area contributed by atoms with E-state index in [9.17, 15) is 17.2 Å². The zero-order valence-corrected chi connectivity index (χ0v) is 14.6. The summed E-state index contributed by atoms with van der Waals surface area (Å²) in [5.74, 6) is -1.52. The number of nitrogens with one attached hydrogen (secondary N) is 1. The van der Waals surface area contributed by atoms with Gasteiger partial charge in [0.1, 0.15) is 17.4 Å². The molecule has 0 aliphatic carbocycles. The Balaban J connectivity index is 2.07. The van der Waals surface area contributed by atoms with Crippen molar-refractivity contribution in [3.05, 3.63) is 65.2 Å². The maximum Gasteiger partial charge on any atom is 0.215 e. The second-order valence-electron chi connectivity index (χ2n) is 5.34. The van der Waals surface area contributed by atoms with Crippen molar-refractivity contribution >= 4 is 10.0 Å². The summed E-state index contributed by atoms with van der Waals surface area (Å²) in [6.45, 7) is -0.0526. The van der Waals surface area contributed by atoms with Gasteiger partial charge in [0.15, 0.2) is 0 Å². The molecule has 0 aliphatic rings. The van der Waals surface area contributed by atoms with E-state index in [4.69, 9.17) is 9.47 Å². The van der Waals surface area contributed by atoms with Crippen molar-refractivity contribution in [1.29, 1.82) is 0 Å². The molecule has 0 fully saturated rings. The minimum atomic E-state index is -3.87. The highest BCUT2D eigenvalue weighted by atomic mass is 32.2. The van der Waals surface area contributed by atoms with Crippen LogP contribution in [0.25, 0.3) is 0 Å². The van der Waals surface area contributed by atoms with Crippen molar-refractivity contribution in [2.75, 3.05) is 20.8 Å². The molecule has 8 heteroatoms. The van der Waals surface area contributed by atoms with E-state index < -0.39 is 33.5 Å². The topological polar surface area (TPSA) is 64.6 Å². The molecule has 1 N–H and O–H groups in total. The highest BCUT2D eigenvalue weighted by molar-refractivity contribution is 7.88. The lowest BCUT2D eigenvalue weighted by Gasteiger charge is -2.17. The fourth-order valence-electron chi connectivity index (χ4n) is 2.29. The normalized spacial score (nSPS) is 12.8. The van der Waals surface area contributed by atoms with Gasteiger partial charge in [-0.3, -0.25) is 0 Å². The standard InChI is InChI=1S/C17H19F2NO4S/c1-23-15-5-3-4-12(9-15)17(24-2)10-20-25(21,22)11-13-8-14(18)6-7-16(13)19/h3-9,17,20H,10-11H2,1-2H3. The van der Waals surface area contributed by atoms with Gasteiger partial charge in [-0.1, -0.05) is 12.1 Å². The number of halogens is 2. The van der Waals surface area contributed by atoms with Gasteiger partial charge in [0.05, 0.1) is 19.0 Å². The van der Waals surface area contributed by atoms with E-state index in [2.05, 4.69) is 4.72 Å². The SMILES string of the molecule is COc1cccc(C(CNS(=O)(=O)Cc2cc(F)ccc2F)OC)c1. The van der Waals surface area contributed by atoms with Crippen molar-refractivity contribution in [2.24, 2.45) is 0 Å². The zero-order valence-electron chi connectivity index (χ0n) is 13.8. The summed E-state index contributed by atoms with van der Waals surface area (Å²) in [6, 6.07) is 9.72. The molecule has 0 saturated carbocycles. The van der Waals surface area contributed by atoms with Crippen LogP contribution in [0, 0.1) is 11.6 Å². The van der Waals surface area contributed by atoms with Crippen LogP contribution in [0.1, 0.15) is 17.2 Å². The van der Waals surface area contributed by atoms with E-state index in [1.165, 1.54) is 14.2 Å². The Morgan fingerprint density at radius 3 is 2.56 bits per heavy atom. The van der Waals surface area contributed by atoms with E-state index in [0.717, 1.165) is 23.8 Å². The Morgan fingerprint density at radius 1 is 1.12 bits per heavy atom. The van der Waals surface area contributed by atoms with E-state index in [1.807, 2.05) is 0 Å². The van der Waals surface area contributed by atoms with Gasteiger partial charge >= 0.3 is 0 Å². The zero-order chi connectivity index (χ0) is 18.4. The third-order valence-corrected chi connectivity index (χ3v) is 4.89. The molecule has 0 aromatic heterocycles. The Labute approximate surface area is 145 Å². The summed E-state index contributed by atoms with van der Waals surface area (Å²) in [5, 5.41) is 0. The molecule has 2 aromatic carbocycles. The molecule has 0 aliphatic heterocycles. The Morgan fingerprint density at radius 2 is 1.88 bits per heavy atom. The number of hydrogen-bond acceptors (Lipinski definition) is 4. The quantitative estimate of drug-likeness (QED) is 0.775. The first-order valence-electron chi connectivity index (χ1n) is 7.42. The van der Waals surface area contributed by atoms with Crippen molar-refractivity contribution in [3.8, 4) is 5.75 Å². The molecule has 5 nitrogen and oxygen atoms in total. The highest BCUT2D eigenvalue weighted by Crippen LogP contribution is 2.21. The summed E-state index contributed by atoms with van der Waals surface area (Å²) < 4.78 is 63.9. The number of rotatable bonds is 8. The molecule has 136 valence electrons. The van der Waals surface area contributed by atoms with E-state index in [-0.39, 0.29) is 12.1 Å². The van der Waals surface area contributed by atoms with Crippen LogP contribution in [0.4, 0.5) is 8.78 Å². The molecule has 2 aromatic rings. The first-order chi connectivity index (χ1) is 11.8. The molecular formula is C17H19F2NO4S. The number of ether oxygens (including phenoxy) is 2. The molecule has 1 atom stereocenters. The summed E-state index contributed by atoms with van der Waals surface area (Å²) in [7, 11) is -0.897. The van der Waals surface area contributed by atoms with Crippen LogP contribution in [0.2, 0.25) is 0 Å². The third kappa shape index (κ3) is 5.48. The monoisotopic (exact) mass is 371 g/mol. The fraction of sp³-hybridized carbons (Fsp3) is 0.294. The Hall–Kier alpha value is -2.03. The lowest BCUT2D eigenvalue weighted by Crippen LogP contribution is -2.30. The molecule has 1 unspecified atom stereocenters. The average Bonchev–Trinajstić information content (AvgIpc) is 2.58. The van der Waals surface area contributed by atoms with Crippen LogP contribution in [0.3, 0.4) is 0 Å². The molecule has 0 bridgehead atoms. The van der Waals surface area contributed by atoms with Gasteiger partial charge in [-0.25, -0.2) is 21.9 Å². The second kappa shape index (κ2) is 8.37. The van der Waals surface area contributed by atoms with Gasteiger partial charge in [-0.15, -0.1) is 0 Å². The van der Waals surface area contributed by atoms with E-state index in [1.54, 1.807) is 24.3 Å². The van der Waals surface area contributed by atoms with Crippen molar-refractivity contribution < 1.29 is 26.7 Å². The molecule has 0 radical (unpaired) electrons. The van der Waals surface area contributed by atoms with E-state index >= 15 is 0 Å². The Bertz CT molecular complexity index is 827. The molecular weight excluding hydrogens is 352 g/mol. The van der Waals surface area contributed by atoms with E-state index in [0.29, 0.717) is 5.75 Å². The first kappa shape index (κ1) is 19.3. The number of sulfonamides is 1. The van der Waals surface area contributed by atoms with Crippen LogP contribution >= 0.6 is 0 Å². The van der Waals surface area contributed by atoms with Gasteiger partial charge < -0.3 is 9.47 Å². The summed E-state index contributed by atoms with van der Waals surface area (Å²) in [5.41, 5.74) is 0.490. The minimum absolute atomic E-state index is 0.0526. The Kier molecular flexibility index (Phi) is 6.46. The van der Waals surface area contributed by atoms with Crippen LogP contribution in [-0.4, -0.2) is 29.2 Å².